The average molecular weight is 165 g/mol. The molecule has 0 aliphatic carbocycles. The Labute approximate surface area is 58.0 Å². The summed E-state index contributed by atoms with van der Waals surface area (Å²) in [4.78, 5) is 2.69. The van der Waals surface area contributed by atoms with Gasteiger partial charge in [-0.05, 0) is 0 Å². The van der Waals surface area contributed by atoms with Crippen LogP contribution in [0.1, 0.15) is 0 Å². The van der Waals surface area contributed by atoms with E-state index in [4.69, 9.17) is 13.0 Å². The Morgan fingerprint density at radius 3 is 2.30 bits per heavy atom. The second-order valence-corrected chi connectivity index (χ2v) is 2.81. The third-order valence-electron chi connectivity index (χ3n) is 0.362. The minimum atomic E-state index is -3.92. The summed E-state index contributed by atoms with van der Waals surface area (Å²) >= 11 is 0. The Bertz CT molecular complexity index is 215. The molecule has 0 saturated carbocycles. The van der Waals surface area contributed by atoms with Gasteiger partial charge in [-0.2, -0.15) is 0 Å². The van der Waals surface area contributed by atoms with E-state index in [-0.39, 0.29) is 0 Å². The third kappa shape index (κ3) is 15.7. The molecule has 1 aromatic rings. The lowest BCUT2D eigenvalue weighted by atomic mass is 11.3. The lowest BCUT2D eigenvalue weighted by Crippen LogP contribution is -1.88. The second kappa shape index (κ2) is 3.96. The molecule has 0 saturated heterocycles. The summed E-state index contributed by atoms with van der Waals surface area (Å²) in [6.07, 6.45) is 3.81. The molecule has 0 aliphatic heterocycles. The van der Waals surface area contributed by atoms with E-state index in [0.29, 0.717) is 6.26 Å². The molecule has 0 unspecified atom stereocenters. The van der Waals surface area contributed by atoms with Gasteiger partial charge in [0, 0.05) is 11.4 Å². The van der Waals surface area contributed by atoms with Crippen LogP contribution < -0.4 is 4.98 Å². The molecule has 0 spiro atoms. The van der Waals surface area contributed by atoms with Crippen molar-refractivity contribution in [3.63, 3.8) is 0 Å². The Balaban J connectivity index is 0.000000162. The number of hydrogen-bond donors (Lipinski definition) is 1. The highest BCUT2D eigenvalue weighted by atomic mass is 32.2. The monoisotopic (exact) mass is 165 g/mol. The first-order valence-corrected chi connectivity index (χ1v) is 4.07. The van der Waals surface area contributed by atoms with Crippen LogP contribution in [0.4, 0.5) is 0 Å². The number of aromatic nitrogens is 3. The number of nitrogens with one attached hydrogen (secondary N) is 2. The fourth-order valence-corrected chi connectivity index (χ4v) is 0.186. The fourth-order valence-electron chi connectivity index (χ4n) is 0.186. The van der Waals surface area contributed by atoms with Crippen LogP contribution in [0, 0.1) is 0 Å². The average Bonchev–Trinajstić information content (AvgIpc) is 2.07. The fraction of sp³-hybridized carbons (Fsp3) is 0.333. The largest absolute Gasteiger partial charge is 0.748 e. The van der Waals surface area contributed by atoms with Crippen LogP contribution in [0.5, 0.6) is 0 Å². The number of nitrogens with zero attached hydrogens (tertiary/aromatic N) is 1. The van der Waals surface area contributed by atoms with Gasteiger partial charge in [0.05, 0.1) is 10.1 Å². The minimum Gasteiger partial charge on any atom is -0.748 e. The predicted molar refractivity (Wildman–Crippen MR) is 30.8 cm³/mol. The first kappa shape index (κ1) is 9.05. The van der Waals surface area contributed by atoms with Crippen molar-refractivity contribution in [3.05, 3.63) is 12.7 Å². The second-order valence-electron chi connectivity index (χ2n) is 1.40. The lowest BCUT2D eigenvalue weighted by molar-refractivity contribution is -0.377. The maximum absolute atomic E-state index is 9.08. The van der Waals surface area contributed by atoms with Crippen LogP contribution in [0.25, 0.3) is 0 Å². The molecular formula is C3H7N3O3S. The van der Waals surface area contributed by atoms with E-state index in [0.717, 1.165) is 0 Å². The van der Waals surface area contributed by atoms with Crippen molar-refractivity contribution in [3.8, 4) is 0 Å². The summed E-state index contributed by atoms with van der Waals surface area (Å²) in [7, 11) is -3.92. The van der Waals surface area contributed by atoms with Crippen molar-refractivity contribution < 1.29 is 18.0 Å². The summed E-state index contributed by atoms with van der Waals surface area (Å²) < 4.78 is 27.2. The molecule has 0 aromatic carbocycles. The molecule has 0 bridgehead atoms. The maximum Gasteiger partial charge on any atom is 0.262 e. The first-order chi connectivity index (χ1) is 4.50. The van der Waals surface area contributed by atoms with Crippen molar-refractivity contribution in [1.82, 2.24) is 10.2 Å². The summed E-state index contributed by atoms with van der Waals surface area (Å²) in [6, 6.07) is 0. The normalized spacial score (nSPS) is 9.80. The SMILES string of the molecule is CS(=O)(=O)[O-].c1n[nH]c[nH+]1. The van der Waals surface area contributed by atoms with Crippen LogP contribution in [0.3, 0.4) is 0 Å². The van der Waals surface area contributed by atoms with Gasteiger partial charge < -0.3 is 4.55 Å². The zero-order valence-electron chi connectivity index (χ0n) is 5.23. The summed E-state index contributed by atoms with van der Waals surface area (Å²) in [5, 5.41) is 6.10. The predicted octanol–water partition coefficient (Wildman–Crippen LogP) is -1.61. The lowest BCUT2D eigenvalue weighted by Gasteiger charge is -1.90. The molecule has 1 rings (SSSR count). The zero-order valence-corrected chi connectivity index (χ0v) is 6.05. The topological polar surface area (TPSA) is 100 Å². The van der Waals surface area contributed by atoms with E-state index in [1.807, 2.05) is 0 Å². The molecule has 10 heavy (non-hydrogen) atoms. The number of hydrogen-bond acceptors (Lipinski definition) is 4. The molecule has 2 N–H and O–H groups in total. The van der Waals surface area contributed by atoms with Crippen LogP contribution in [0.15, 0.2) is 12.7 Å². The van der Waals surface area contributed by atoms with Gasteiger partial charge in [-0.1, -0.05) is 0 Å². The smallest absolute Gasteiger partial charge is 0.262 e. The van der Waals surface area contributed by atoms with E-state index < -0.39 is 10.1 Å². The molecule has 0 radical (unpaired) electrons. The Hall–Kier alpha value is -0.950. The highest BCUT2D eigenvalue weighted by molar-refractivity contribution is 7.84. The molecule has 0 atom stereocenters. The highest BCUT2D eigenvalue weighted by Gasteiger charge is 1.68. The number of aromatic amines is 2. The van der Waals surface area contributed by atoms with Crippen LogP contribution in [-0.2, 0) is 10.1 Å². The Kier molecular flexibility index (Phi) is 3.59. The van der Waals surface area contributed by atoms with Crippen molar-refractivity contribution in [1.29, 1.82) is 0 Å². The van der Waals surface area contributed by atoms with Crippen molar-refractivity contribution in [2.75, 3.05) is 6.26 Å². The molecule has 6 nitrogen and oxygen atoms in total. The highest BCUT2D eigenvalue weighted by Crippen LogP contribution is 1.59. The summed E-state index contributed by atoms with van der Waals surface area (Å²) in [6.45, 7) is 0. The van der Waals surface area contributed by atoms with Crippen molar-refractivity contribution in [2.24, 2.45) is 0 Å². The Morgan fingerprint density at radius 2 is 2.20 bits per heavy atom. The molecular weight excluding hydrogens is 158 g/mol. The molecule has 0 fully saturated rings. The molecule has 7 heteroatoms. The standard InChI is InChI=1S/C2H3N3.CH4O3S/c1-3-2-5-4-1;1-5(2,3)4/h1-2H,(H,3,4,5);1H3,(H,2,3,4). The third-order valence-corrected chi connectivity index (χ3v) is 0.362. The number of rotatable bonds is 0. The van der Waals surface area contributed by atoms with Gasteiger partial charge in [0.25, 0.3) is 6.33 Å². The van der Waals surface area contributed by atoms with E-state index in [2.05, 4.69) is 15.2 Å². The summed E-state index contributed by atoms with van der Waals surface area (Å²) in [5.41, 5.74) is 0. The van der Waals surface area contributed by atoms with Crippen molar-refractivity contribution >= 4 is 10.1 Å². The van der Waals surface area contributed by atoms with Crippen LogP contribution in [0.2, 0.25) is 0 Å². The molecule has 0 aliphatic rings. The maximum atomic E-state index is 9.08. The number of H-pyrrole nitrogens is 2. The quantitative estimate of drug-likeness (QED) is 0.467. The molecule has 1 heterocycles. The molecule has 0 amide bonds. The Morgan fingerprint density at radius 1 is 1.70 bits per heavy atom. The van der Waals surface area contributed by atoms with Gasteiger partial charge in [0.2, 0.25) is 6.33 Å². The zero-order chi connectivity index (χ0) is 8.04. The van der Waals surface area contributed by atoms with Gasteiger partial charge in [-0.15, -0.1) is 5.10 Å². The van der Waals surface area contributed by atoms with E-state index in [1.165, 1.54) is 0 Å². The van der Waals surface area contributed by atoms with Gasteiger partial charge >= 0.3 is 0 Å². The molecule has 58 valence electrons. The molecule has 1 aromatic heterocycles. The van der Waals surface area contributed by atoms with Gasteiger partial charge in [0.15, 0.2) is 0 Å². The van der Waals surface area contributed by atoms with Crippen LogP contribution in [-0.4, -0.2) is 29.4 Å². The van der Waals surface area contributed by atoms with E-state index in [1.54, 1.807) is 12.7 Å². The van der Waals surface area contributed by atoms with Gasteiger partial charge in [-0.25, -0.2) is 8.42 Å². The van der Waals surface area contributed by atoms with E-state index in [9.17, 15) is 0 Å². The van der Waals surface area contributed by atoms with Gasteiger partial charge in [-0.3, -0.25) is 4.98 Å². The van der Waals surface area contributed by atoms with Crippen molar-refractivity contribution in [2.45, 2.75) is 0 Å². The first-order valence-electron chi connectivity index (χ1n) is 2.26. The minimum absolute atomic E-state index is 0.604. The van der Waals surface area contributed by atoms with E-state index >= 15 is 0 Å². The van der Waals surface area contributed by atoms with Gasteiger partial charge in [0.1, 0.15) is 0 Å². The van der Waals surface area contributed by atoms with Crippen LogP contribution >= 0.6 is 0 Å². The summed E-state index contributed by atoms with van der Waals surface area (Å²) in [5.74, 6) is 0.